The molecule has 0 spiro atoms. The van der Waals surface area contributed by atoms with Crippen LogP contribution in [0.15, 0.2) is 12.2 Å². The number of carboxylic acids is 1. The Hall–Kier alpha value is -0.790. The normalized spacial score (nSPS) is 12.3. The predicted octanol–water partition coefficient (Wildman–Crippen LogP) is 6.74. The molecular weight excluding hydrogens is 272 g/mol. The van der Waals surface area contributed by atoms with Crippen LogP contribution in [0, 0.1) is 5.92 Å². The van der Waals surface area contributed by atoms with Gasteiger partial charge in [0.25, 0.3) is 0 Å². The molecule has 1 atom stereocenters. The van der Waals surface area contributed by atoms with E-state index < -0.39 is 5.97 Å². The number of hydrogen-bond donors (Lipinski definition) is 1. The molecule has 0 aromatic heterocycles. The van der Waals surface area contributed by atoms with Gasteiger partial charge in [0.05, 0.1) is 0 Å². The van der Waals surface area contributed by atoms with Crippen molar-refractivity contribution in [3.8, 4) is 0 Å². The lowest BCUT2D eigenvalue weighted by molar-refractivity contribution is -0.132. The van der Waals surface area contributed by atoms with Crippen molar-refractivity contribution in [1.82, 2.24) is 0 Å². The lowest BCUT2D eigenvalue weighted by Crippen LogP contribution is -2.04. The summed E-state index contributed by atoms with van der Waals surface area (Å²) in [6, 6.07) is 0. The van der Waals surface area contributed by atoms with Gasteiger partial charge in [0, 0.05) is 5.57 Å². The van der Waals surface area contributed by atoms with Crippen molar-refractivity contribution in [1.29, 1.82) is 0 Å². The van der Waals surface area contributed by atoms with Crippen LogP contribution in [0.4, 0.5) is 0 Å². The first-order valence-corrected chi connectivity index (χ1v) is 9.52. The third-order valence-electron chi connectivity index (χ3n) is 4.58. The van der Waals surface area contributed by atoms with E-state index in [2.05, 4.69) is 20.4 Å². The number of unbranched alkanes of at least 4 members (excludes halogenated alkanes) is 7. The fourth-order valence-electron chi connectivity index (χ4n) is 3.04. The standard InChI is InChI=1S/C20H38O2/c1-4-6-8-10-12-16-19(15-11-9-7-5-2)17-13-14-18(3)20(21)22/h19H,3-17H2,1-2H3,(H,21,22). The average molecular weight is 311 g/mol. The summed E-state index contributed by atoms with van der Waals surface area (Å²) >= 11 is 0. The summed E-state index contributed by atoms with van der Waals surface area (Å²) in [6.45, 7) is 8.14. The maximum atomic E-state index is 10.8. The van der Waals surface area contributed by atoms with Crippen molar-refractivity contribution >= 4 is 5.97 Å². The first-order valence-electron chi connectivity index (χ1n) is 9.52. The molecule has 2 nitrogen and oxygen atoms in total. The van der Waals surface area contributed by atoms with Gasteiger partial charge >= 0.3 is 5.97 Å². The minimum absolute atomic E-state index is 0.368. The smallest absolute Gasteiger partial charge is 0.330 e. The highest BCUT2D eigenvalue weighted by Crippen LogP contribution is 2.24. The molecule has 0 saturated carbocycles. The first kappa shape index (κ1) is 21.2. The molecule has 0 aliphatic carbocycles. The Kier molecular flexibility index (Phi) is 14.6. The van der Waals surface area contributed by atoms with Gasteiger partial charge in [-0.25, -0.2) is 4.79 Å². The SMILES string of the molecule is C=C(CCCC(CCCCCC)CCCCCCC)C(=O)O. The van der Waals surface area contributed by atoms with E-state index in [1.165, 1.54) is 77.0 Å². The van der Waals surface area contributed by atoms with Crippen LogP contribution in [0.5, 0.6) is 0 Å². The fraction of sp³-hybridized carbons (Fsp3) is 0.850. The third kappa shape index (κ3) is 12.9. The Balaban J connectivity index is 3.93. The molecular formula is C20H38O2. The van der Waals surface area contributed by atoms with Crippen LogP contribution < -0.4 is 0 Å². The average Bonchev–Trinajstić information content (AvgIpc) is 2.50. The number of aliphatic carboxylic acids is 1. The van der Waals surface area contributed by atoms with Crippen molar-refractivity contribution in [2.75, 3.05) is 0 Å². The zero-order valence-electron chi connectivity index (χ0n) is 15.0. The number of rotatable bonds is 16. The van der Waals surface area contributed by atoms with Crippen LogP contribution >= 0.6 is 0 Å². The molecule has 1 unspecified atom stereocenters. The molecule has 0 rings (SSSR count). The van der Waals surface area contributed by atoms with E-state index >= 15 is 0 Å². The zero-order chi connectivity index (χ0) is 16.6. The fourth-order valence-corrected chi connectivity index (χ4v) is 3.04. The van der Waals surface area contributed by atoms with Gasteiger partial charge in [0.1, 0.15) is 0 Å². The molecule has 0 bridgehead atoms. The second-order valence-corrected chi connectivity index (χ2v) is 6.72. The highest BCUT2D eigenvalue weighted by molar-refractivity contribution is 5.85. The number of carbonyl (C=O) groups is 1. The number of hydrogen-bond acceptors (Lipinski definition) is 1. The van der Waals surface area contributed by atoms with Crippen LogP contribution in [0.2, 0.25) is 0 Å². The highest BCUT2D eigenvalue weighted by Gasteiger charge is 2.10. The molecule has 0 aliphatic heterocycles. The van der Waals surface area contributed by atoms with Crippen molar-refractivity contribution in [2.24, 2.45) is 5.92 Å². The van der Waals surface area contributed by atoms with Gasteiger partial charge < -0.3 is 5.11 Å². The maximum absolute atomic E-state index is 10.8. The maximum Gasteiger partial charge on any atom is 0.330 e. The Morgan fingerprint density at radius 3 is 1.77 bits per heavy atom. The zero-order valence-corrected chi connectivity index (χ0v) is 15.0. The summed E-state index contributed by atoms with van der Waals surface area (Å²) in [5.74, 6) is -0.0425. The summed E-state index contributed by atoms with van der Waals surface area (Å²) in [4.78, 5) is 10.8. The Morgan fingerprint density at radius 2 is 1.27 bits per heavy atom. The van der Waals surface area contributed by atoms with Crippen LogP contribution in [-0.2, 0) is 4.79 Å². The quantitative estimate of drug-likeness (QED) is 0.253. The van der Waals surface area contributed by atoms with Gasteiger partial charge in [-0.3, -0.25) is 0 Å². The molecule has 0 amide bonds. The molecule has 2 heteroatoms. The summed E-state index contributed by atoms with van der Waals surface area (Å²) < 4.78 is 0. The van der Waals surface area contributed by atoms with E-state index in [0.29, 0.717) is 12.0 Å². The molecule has 0 saturated heterocycles. The van der Waals surface area contributed by atoms with Gasteiger partial charge in [-0.2, -0.15) is 0 Å². The molecule has 0 aromatic rings. The molecule has 0 radical (unpaired) electrons. The Labute approximate surface area is 138 Å². The van der Waals surface area contributed by atoms with Gasteiger partial charge in [0.15, 0.2) is 0 Å². The van der Waals surface area contributed by atoms with Crippen LogP contribution in [-0.4, -0.2) is 11.1 Å². The predicted molar refractivity (Wildman–Crippen MR) is 96.3 cm³/mol. The summed E-state index contributed by atoms with van der Waals surface area (Å²) in [6.07, 6.45) is 17.5. The lowest BCUT2D eigenvalue weighted by atomic mass is 9.89. The summed E-state index contributed by atoms with van der Waals surface area (Å²) in [5, 5.41) is 8.87. The van der Waals surface area contributed by atoms with E-state index in [-0.39, 0.29) is 0 Å². The molecule has 0 heterocycles. The highest BCUT2D eigenvalue weighted by atomic mass is 16.4. The van der Waals surface area contributed by atoms with E-state index in [1.54, 1.807) is 0 Å². The van der Waals surface area contributed by atoms with Gasteiger partial charge in [-0.15, -0.1) is 0 Å². The molecule has 0 aromatic carbocycles. The first-order chi connectivity index (χ1) is 10.6. The molecule has 0 aliphatic rings. The van der Waals surface area contributed by atoms with Crippen molar-refractivity contribution in [3.63, 3.8) is 0 Å². The summed E-state index contributed by atoms with van der Waals surface area (Å²) in [7, 11) is 0. The largest absolute Gasteiger partial charge is 0.478 e. The van der Waals surface area contributed by atoms with Crippen LogP contribution in [0.3, 0.4) is 0 Å². The lowest BCUT2D eigenvalue weighted by Gasteiger charge is -2.17. The van der Waals surface area contributed by atoms with Crippen molar-refractivity contribution in [3.05, 3.63) is 12.2 Å². The summed E-state index contributed by atoms with van der Waals surface area (Å²) in [5.41, 5.74) is 0.368. The van der Waals surface area contributed by atoms with Crippen LogP contribution in [0.25, 0.3) is 0 Å². The minimum atomic E-state index is -0.834. The van der Waals surface area contributed by atoms with E-state index in [9.17, 15) is 4.79 Å². The Bertz CT molecular complexity index is 283. The second-order valence-electron chi connectivity index (χ2n) is 6.72. The second kappa shape index (κ2) is 15.1. The van der Waals surface area contributed by atoms with Gasteiger partial charge in [-0.05, 0) is 18.8 Å². The minimum Gasteiger partial charge on any atom is -0.478 e. The van der Waals surface area contributed by atoms with Crippen LogP contribution in [0.1, 0.15) is 104 Å². The van der Waals surface area contributed by atoms with Gasteiger partial charge in [0.2, 0.25) is 0 Å². The van der Waals surface area contributed by atoms with E-state index in [0.717, 1.165) is 12.3 Å². The molecule has 1 N–H and O–H groups in total. The Morgan fingerprint density at radius 1 is 0.818 bits per heavy atom. The van der Waals surface area contributed by atoms with Crippen molar-refractivity contribution < 1.29 is 9.90 Å². The third-order valence-corrected chi connectivity index (χ3v) is 4.58. The molecule has 130 valence electrons. The van der Waals surface area contributed by atoms with Gasteiger partial charge in [-0.1, -0.05) is 97.5 Å². The van der Waals surface area contributed by atoms with E-state index in [4.69, 9.17) is 5.11 Å². The van der Waals surface area contributed by atoms with Crippen molar-refractivity contribution in [2.45, 2.75) is 104 Å². The van der Waals surface area contributed by atoms with E-state index in [1.807, 2.05) is 0 Å². The monoisotopic (exact) mass is 310 g/mol. The molecule has 0 fully saturated rings. The number of carboxylic acid groups (broad SMARTS) is 1. The topological polar surface area (TPSA) is 37.3 Å². The molecule has 22 heavy (non-hydrogen) atoms.